The van der Waals surface area contributed by atoms with Gasteiger partial charge in [-0.15, -0.1) is 0 Å². The van der Waals surface area contributed by atoms with Crippen LogP contribution in [0.15, 0.2) is 30.5 Å². The molecule has 1 unspecified atom stereocenters. The lowest BCUT2D eigenvalue weighted by atomic mass is 9.87. The molecule has 1 aromatic heterocycles. The van der Waals surface area contributed by atoms with Crippen LogP contribution in [0.3, 0.4) is 0 Å². The number of hydrogen-bond acceptors (Lipinski definition) is 3. The Hall–Kier alpha value is -1.95. The molecule has 2 N–H and O–H groups in total. The quantitative estimate of drug-likeness (QED) is 0.889. The minimum Gasteiger partial charge on any atom is -0.326 e. The van der Waals surface area contributed by atoms with Crippen molar-refractivity contribution < 1.29 is 13.2 Å². The molecule has 2 aromatic rings. The van der Waals surface area contributed by atoms with E-state index in [1.54, 1.807) is 0 Å². The van der Waals surface area contributed by atoms with Crippen LogP contribution < -0.4 is 5.73 Å². The summed E-state index contributed by atoms with van der Waals surface area (Å²) in [5, 5.41) is 0. The lowest BCUT2D eigenvalue weighted by Crippen LogP contribution is -2.29. The van der Waals surface area contributed by atoms with Crippen LogP contribution in [-0.2, 0) is 19.4 Å². The van der Waals surface area contributed by atoms with E-state index in [2.05, 4.69) is 9.97 Å². The molecule has 0 spiro atoms. The standard InChI is InChI=1S/C16H16F3N3.C2H6/c17-16(18,19)13-5-6-14-12(7-13)9-21-15(22-14)11-3-1-10(8-20)2-4-11;1-2/h1-4,9,13H,5-8,20H2;1-2H3. The summed E-state index contributed by atoms with van der Waals surface area (Å²) in [6.45, 7) is 4.46. The van der Waals surface area contributed by atoms with Crippen molar-refractivity contribution in [2.24, 2.45) is 11.7 Å². The first-order valence-electron chi connectivity index (χ1n) is 8.18. The highest BCUT2D eigenvalue weighted by molar-refractivity contribution is 5.55. The van der Waals surface area contributed by atoms with E-state index in [0.29, 0.717) is 24.4 Å². The van der Waals surface area contributed by atoms with Gasteiger partial charge in [0.25, 0.3) is 0 Å². The number of fused-ring (bicyclic) bond motifs is 1. The molecule has 1 atom stereocenters. The number of hydrogen-bond donors (Lipinski definition) is 1. The zero-order valence-corrected chi connectivity index (χ0v) is 13.9. The van der Waals surface area contributed by atoms with Gasteiger partial charge in [0.2, 0.25) is 0 Å². The van der Waals surface area contributed by atoms with Crippen molar-refractivity contribution in [2.45, 2.75) is 45.8 Å². The van der Waals surface area contributed by atoms with Crippen LogP contribution in [0, 0.1) is 5.92 Å². The smallest absolute Gasteiger partial charge is 0.326 e. The zero-order chi connectivity index (χ0) is 17.7. The molecule has 6 heteroatoms. The van der Waals surface area contributed by atoms with Crippen LogP contribution in [0.25, 0.3) is 11.4 Å². The third kappa shape index (κ3) is 4.12. The van der Waals surface area contributed by atoms with Gasteiger partial charge in [0.15, 0.2) is 5.82 Å². The summed E-state index contributed by atoms with van der Waals surface area (Å²) < 4.78 is 38.4. The van der Waals surface area contributed by atoms with Crippen molar-refractivity contribution >= 4 is 0 Å². The van der Waals surface area contributed by atoms with Gasteiger partial charge in [-0.3, -0.25) is 0 Å². The number of nitrogens with two attached hydrogens (primary N) is 1. The Morgan fingerprint density at radius 3 is 2.42 bits per heavy atom. The minimum absolute atomic E-state index is 0.0226. The molecular weight excluding hydrogens is 315 g/mol. The van der Waals surface area contributed by atoms with Gasteiger partial charge < -0.3 is 5.73 Å². The van der Waals surface area contributed by atoms with Gasteiger partial charge in [-0.05, 0) is 30.4 Å². The highest BCUT2D eigenvalue weighted by Gasteiger charge is 2.41. The lowest BCUT2D eigenvalue weighted by molar-refractivity contribution is -0.177. The second-order valence-electron chi connectivity index (χ2n) is 5.55. The normalized spacial score (nSPS) is 16.8. The Morgan fingerprint density at radius 1 is 1.17 bits per heavy atom. The molecule has 0 amide bonds. The maximum absolute atomic E-state index is 12.8. The van der Waals surface area contributed by atoms with E-state index in [0.717, 1.165) is 16.8 Å². The summed E-state index contributed by atoms with van der Waals surface area (Å²) in [6, 6.07) is 7.56. The number of aromatic nitrogens is 2. The Labute approximate surface area is 140 Å². The second-order valence-corrected chi connectivity index (χ2v) is 5.55. The molecule has 0 radical (unpaired) electrons. The number of alkyl halides is 3. The number of benzene rings is 1. The molecule has 1 aliphatic rings. The molecule has 0 aliphatic heterocycles. The van der Waals surface area contributed by atoms with E-state index in [1.165, 1.54) is 6.20 Å². The molecule has 1 aliphatic carbocycles. The minimum atomic E-state index is -4.14. The third-order valence-corrected chi connectivity index (χ3v) is 4.06. The van der Waals surface area contributed by atoms with Crippen molar-refractivity contribution in [3.8, 4) is 11.4 Å². The van der Waals surface area contributed by atoms with E-state index in [-0.39, 0.29) is 12.8 Å². The topological polar surface area (TPSA) is 51.8 Å². The van der Waals surface area contributed by atoms with E-state index in [9.17, 15) is 13.2 Å². The van der Waals surface area contributed by atoms with Crippen LogP contribution in [0.5, 0.6) is 0 Å². The SMILES string of the molecule is CC.NCc1ccc(-c2ncc3c(n2)CCC(C(F)(F)F)C3)cc1. The van der Waals surface area contributed by atoms with Gasteiger partial charge in [-0.2, -0.15) is 13.2 Å². The van der Waals surface area contributed by atoms with Crippen molar-refractivity contribution in [1.29, 1.82) is 0 Å². The first-order valence-corrected chi connectivity index (χ1v) is 8.18. The predicted molar refractivity (Wildman–Crippen MR) is 88.3 cm³/mol. The van der Waals surface area contributed by atoms with Crippen molar-refractivity contribution in [3.05, 3.63) is 47.3 Å². The lowest BCUT2D eigenvalue weighted by Gasteiger charge is -2.25. The molecule has 0 saturated heterocycles. The zero-order valence-electron chi connectivity index (χ0n) is 13.9. The fraction of sp³-hybridized carbons (Fsp3) is 0.444. The number of nitrogens with zero attached hydrogens (tertiary/aromatic N) is 2. The molecule has 1 heterocycles. The monoisotopic (exact) mass is 337 g/mol. The summed E-state index contributed by atoms with van der Waals surface area (Å²) in [5.41, 5.74) is 8.75. The number of aryl methyl sites for hydroxylation is 1. The van der Waals surface area contributed by atoms with Crippen molar-refractivity contribution in [2.75, 3.05) is 0 Å². The molecular formula is C18H22F3N3. The van der Waals surface area contributed by atoms with E-state index in [1.807, 2.05) is 38.1 Å². The van der Waals surface area contributed by atoms with Gasteiger partial charge in [-0.25, -0.2) is 9.97 Å². The molecule has 24 heavy (non-hydrogen) atoms. The van der Waals surface area contributed by atoms with E-state index < -0.39 is 12.1 Å². The summed E-state index contributed by atoms with van der Waals surface area (Å²) in [5.74, 6) is -0.730. The number of rotatable bonds is 2. The summed E-state index contributed by atoms with van der Waals surface area (Å²) in [4.78, 5) is 8.67. The molecule has 1 aromatic carbocycles. The molecule has 0 bridgehead atoms. The molecule has 3 rings (SSSR count). The molecule has 3 nitrogen and oxygen atoms in total. The first kappa shape index (κ1) is 18.4. The summed E-state index contributed by atoms with van der Waals surface area (Å²) in [7, 11) is 0. The summed E-state index contributed by atoms with van der Waals surface area (Å²) in [6.07, 6.45) is -2.19. The Kier molecular flexibility index (Phi) is 5.94. The maximum Gasteiger partial charge on any atom is 0.392 e. The Balaban J connectivity index is 0.00000100. The van der Waals surface area contributed by atoms with Crippen LogP contribution in [0.1, 0.15) is 37.1 Å². The van der Waals surface area contributed by atoms with Gasteiger partial charge in [-0.1, -0.05) is 38.1 Å². The maximum atomic E-state index is 12.8. The fourth-order valence-electron chi connectivity index (χ4n) is 2.72. The second kappa shape index (κ2) is 7.75. The van der Waals surface area contributed by atoms with Gasteiger partial charge >= 0.3 is 6.18 Å². The largest absolute Gasteiger partial charge is 0.392 e. The highest BCUT2D eigenvalue weighted by Crippen LogP contribution is 2.36. The van der Waals surface area contributed by atoms with Crippen LogP contribution in [0.2, 0.25) is 0 Å². The predicted octanol–water partition coefficient (Wildman–Crippen LogP) is 4.30. The molecule has 0 fully saturated rings. The average Bonchev–Trinajstić information content (AvgIpc) is 2.62. The van der Waals surface area contributed by atoms with E-state index in [4.69, 9.17) is 5.73 Å². The van der Waals surface area contributed by atoms with E-state index >= 15 is 0 Å². The van der Waals surface area contributed by atoms with Gasteiger partial charge in [0.1, 0.15) is 0 Å². The van der Waals surface area contributed by atoms with Crippen molar-refractivity contribution in [1.82, 2.24) is 9.97 Å². The third-order valence-electron chi connectivity index (χ3n) is 4.06. The Bertz CT molecular complexity index is 666. The van der Waals surface area contributed by atoms with Crippen LogP contribution >= 0.6 is 0 Å². The summed E-state index contributed by atoms with van der Waals surface area (Å²) >= 11 is 0. The van der Waals surface area contributed by atoms with Gasteiger partial charge in [0, 0.05) is 24.0 Å². The van der Waals surface area contributed by atoms with Crippen molar-refractivity contribution in [3.63, 3.8) is 0 Å². The fourth-order valence-corrected chi connectivity index (χ4v) is 2.72. The van der Waals surface area contributed by atoms with Gasteiger partial charge in [0.05, 0.1) is 5.92 Å². The average molecular weight is 337 g/mol. The number of halogens is 3. The molecule has 130 valence electrons. The van der Waals surface area contributed by atoms with Crippen LogP contribution in [-0.4, -0.2) is 16.1 Å². The molecule has 0 saturated carbocycles. The highest BCUT2D eigenvalue weighted by atomic mass is 19.4. The Morgan fingerprint density at radius 2 is 1.83 bits per heavy atom. The first-order chi connectivity index (χ1) is 11.5. The van der Waals surface area contributed by atoms with Crippen LogP contribution in [0.4, 0.5) is 13.2 Å².